The molecule has 3 nitrogen and oxygen atoms in total. The molecule has 1 heterocycles. The molecule has 0 amide bonds. The van der Waals surface area contributed by atoms with Crippen molar-refractivity contribution in [2.24, 2.45) is 0 Å². The Bertz CT molecular complexity index is 571. The lowest BCUT2D eigenvalue weighted by atomic mass is 10.0. The van der Waals surface area contributed by atoms with Gasteiger partial charge in [-0.1, -0.05) is 22.9 Å². The summed E-state index contributed by atoms with van der Waals surface area (Å²) in [6.07, 6.45) is 0. The summed E-state index contributed by atoms with van der Waals surface area (Å²) in [5.41, 5.74) is 0.810. The zero-order valence-electron chi connectivity index (χ0n) is 11.5. The molecule has 0 spiro atoms. The largest absolute Gasteiger partial charge is 0.462 e. The number of halogens is 2. The first-order valence-electron chi connectivity index (χ1n) is 6.41. The Morgan fingerprint density at radius 2 is 2.15 bits per heavy atom. The van der Waals surface area contributed by atoms with Crippen molar-refractivity contribution in [3.05, 3.63) is 57.7 Å². The SMILES string of the molecule is CCNC(c1ccc(COC)o1)c1cc(F)ccc1Br. The van der Waals surface area contributed by atoms with Gasteiger partial charge in [-0.05, 0) is 42.4 Å². The number of hydrogen-bond donors (Lipinski definition) is 1. The van der Waals surface area contributed by atoms with E-state index in [0.717, 1.165) is 28.1 Å². The van der Waals surface area contributed by atoms with Crippen LogP contribution in [-0.4, -0.2) is 13.7 Å². The number of hydrogen-bond acceptors (Lipinski definition) is 3. The first-order valence-corrected chi connectivity index (χ1v) is 7.21. The Hall–Kier alpha value is -1.17. The van der Waals surface area contributed by atoms with E-state index < -0.39 is 0 Å². The van der Waals surface area contributed by atoms with Gasteiger partial charge in [0.25, 0.3) is 0 Å². The van der Waals surface area contributed by atoms with Crippen LogP contribution in [0.3, 0.4) is 0 Å². The number of furan rings is 1. The van der Waals surface area contributed by atoms with Crippen LogP contribution in [-0.2, 0) is 11.3 Å². The lowest BCUT2D eigenvalue weighted by Crippen LogP contribution is -2.22. The van der Waals surface area contributed by atoms with E-state index in [1.807, 2.05) is 19.1 Å². The average molecular weight is 342 g/mol. The third kappa shape index (κ3) is 3.48. The van der Waals surface area contributed by atoms with Gasteiger partial charge in [-0.2, -0.15) is 0 Å². The molecule has 20 heavy (non-hydrogen) atoms. The second kappa shape index (κ2) is 7.02. The fourth-order valence-electron chi connectivity index (χ4n) is 2.07. The topological polar surface area (TPSA) is 34.4 Å². The summed E-state index contributed by atoms with van der Waals surface area (Å²) in [6.45, 7) is 3.16. The molecule has 2 rings (SSSR count). The maximum atomic E-state index is 13.5. The fraction of sp³-hybridized carbons (Fsp3) is 0.333. The van der Waals surface area contributed by atoms with Gasteiger partial charge in [0, 0.05) is 11.6 Å². The van der Waals surface area contributed by atoms with E-state index in [2.05, 4.69) is 21.2 Å². The highest BCUT2D eigenvalue weighted by molar-refractivity contribution is 9.10. The molecule has 1 atom stereocenters. The first-order chi connectivity index (χ1) is 9.65. The molecule has 5 heteroatoms. The quantitative estimate of drug-likeness (QED) is 0.861. The van der Waals surface area contributed by atoms with E-state index in [1.165, 1.54) is 12.1 Å². The normalized spacial score (nSPS) is 12.6. The number of rotatable bonds is 6. The summed E-state index contributed by atoms with van der Waals surface area (Å²) in [7, 11) is 1.62. The van der Waals surface area contributed by atoms with Crippen LogP contribution in [0.5, 0.6) is 0 Å². The van der Waals surface area contributed by atoms with Gasteiger partial charge in [-0.15, -0.1) is 0 Å². The van der Waals surface area contributed by atoms with Crippen molar-refractivity contribution < 1.29 is 13.5 Å². The molecule has 1 unspecified atom stereocenters. The zero-order chi connectivity index (χ0) is 14.5. The van der Waals surface area contributed by atoms with Crippen LogP contribution in [0.4, 0.5) is 4.39 Å². The Kier molecular flexibility index (Phi) is 5.34. The van der Waals surface area contributed by atoms with Gasteiger partial charge < -0.3 is 14.5 Å². The number of nitrogens with one attached hydrogen (secondary N) is 1. The van der Waals surface area contributed by atoms with Crippen molar-refractivity contribution in [2.75, 3.05) is 13.7 Å². The minimum absolute atomic E-state index is 0.198. The van der Waals surface area contributed by atoms with Gasteiger partial charge in [0.15, 0.2) is 0 Å². The summed E-state index contributed by atoms with van der Waals surface area (Å²) < 4.78 is 25.1. The minimum atomic E-state index is -0.269. The Morgan fingerprint density at radius 3 is 2.85 bits per heavy atom. The molecule has 0 saturated heterocycles. The van der Waals surface area contributed by atoms with Crippen molar-refractivity contribution in [2.45, 2.75) is 19.6 Å². The van der Waals surface area contributed by atoms with Crippen LogP contribution in [0.1, 0.15) is 30.0 Å². The van der Waals surface area contributed by atoms with Crippen molar-refractivity contribution in [1.29, 1.82) is 0 Å². The van der Waals surface area contributed by atoms with E-state index >= 15 is 0 Å². The van der Waals surface area contributed by atoms with Gasteiger partial charge in [0.1, 0.15) is 23.9 Å². The van der Waals surface area contributed by atoms with Gasteiger partial charge in [0.2, 0.25) is 0 Å². The molecule has 0 saturated carbocycles. The second-order valence-corrected chi connectivity index (χ2v) is 5.25. The van der Waals surface area contributed by atoms with E-state index in [-0.39, 0.29) is 11.9 Å². The van der Waals surface area contributed by atoms with Crippen LogP contribution in [0.2, 0.25) is 0 Å². The summed E-state index contributed by atoms with van der Waals surface area (Å²) in [6, 6.07) is 8.20. The molecule has 1 aromatic heterocycles. The predicted molar refractivity (Wildman–Crippen MR) is 79.0 cm³/mol. The first kappa shape index (κ1) is 15.2. The summed E-state index contributed by atoms with van der Waals surface area (Å²) in [4.78, 5) is 0. The number of benzene rings is 1. The molecule has 0 fully saturated rings. The van der Waals surface area contributed by atoms with Gasteiger partial charge in [0.05, 0.1) is 6.04 Å². The Labute approximate surface area is 126 Å². The molecule has 2 aromatic rings. The molecule has 0 radical (unpaired) electrons. The molecule has 0 aliphatic heterocycles. The lowest BCUT2D eigenvalue weighted by Gasteiger charge is -2.17. The van der Waals surface area contributed by atoms with Crippen molar-refractivity contribution in [1.82, 2.24) is 5.32 Å². The third-order valence-electron chi connectivity index (χ3n) is 2.93. The fourth-order valence-corrected chi connectivity index (χ4v) is 2.55. The maximum Gasteiger partial charge on any atom is 0.129 e. The Morgan fingerprint density at radius 1 is 1.35 bits per heavy atom. The van der Waals surface area contributed by atoms with Gasteiger partial charge in [-0.3, -0.25) is 0 Å². The monoisotopic (exact) mass is 341 g/mol. The van der Waals surface area contributed by atoms with Crippen LogP contribution < -0.4 is 5.32 Å². The molecular formula is C15H17BrFNO2. The standard InChI is InChI=1S/C15H17BrFNO2/c1-3-18-15(12-8-10(17)4-6-13(12)16)14-7-5-11(20-14)9-19-2/h4-8,15,18H,3,9H2,1-2H3. The van der Waals surface area contributed by atoms with Crippen LogP contribution >= 0.6 is 15.9 Å². The molecule has 0 bridgehead atoms. The average Bonchev–Trinajstić information content (AvgIpc) is 2.88. The van der Waals surface area contributed by atoms with E-state index in [1.54, 1.807) is 13.2 Å². The smallest absolute Gasteiger partial charge is 0.129 e. The molecule has 0 aliphatic rings. The highest BCUT2D eigenvalue weighted by Crippen LogP contribution is 2.30. The Balaban J connectivity index is 2.36. The van der Waals surface area contributed by atoms with Gasteiger partial charge in [-0.25, -0.2) is 4.39 Å². The van der Waals surface area contributed by atoms with E-state index in [9.17, 15) is 4.39 Å². The lowest BCUT2D eigenvalue weighted by molar-refractivity contribution is 0.162. The van der Waals surface area contributed by atoms with Gasteiger partial charge >= 0.3 is 0 Å². The molecule has 0 aliphatic carbocycles. The minimum Gasteiger partial charge on any atom is -0.462 e. The summed E-state index contributed by atoms with van der Waals surface area (Å²) in [5.74, 6) is 1.22. The van der Waals surface area contributed by atoms with E-state index in [4.69, 9.17) is 9.15 Å². The van der Waals surface area contributed by atoms with Crippen molar-refractivity contribution in [3.63, 3.8) is 0 Å². The number of methoxy groups -OCH3 is 1. The molecule has 1 N–H and O–H groups in total. The van der Waals surface area contributed by atoms with Crippen LogP contribution in [0.25, 0.3) is 0 Å². The molecule has 108 valence electrons. The van der Waals surface area contributed by atoms with Crippen LogP contribution in [0, 0.1) is 5.82 Å². The van der Waals surface area contributed by atoms with E-state index in [0.29, 0.717) is 6.61 Å². The number of ether oxygens (including phenoxy) is 1. The molecular weight excluding hydrogens is 325 g/mol. The van der Waals surface area contributed by atoms with Crippen LogP contribution in [0.15, 0.2) is 39.2 Å². The maximum absolute atomic E-state index is 13.5. The summed E-state index contributed by atoms with van der Waals surface area (Å²) in [5, 5.41) is 3.31. The highest BCUT2D eigenvalue weighted by Gasteiger charge is 2.20. The molecule has 1 aromatic carbocycles. The highest BCUT2D eigenvalue weighted by atomic mass is 79.9. The third-order valence-corrected chi connectivity index (χ3v) is 3.65. The zero-order valence-corrected chi connectivity index (χ0v) is 13.0. The van der Waals surface area contributed by atoms with Crippen molar-refractivity contribution in [3.8, 4) is 0 Å². The summed E-state index contributed by atoms with van der Waals surface area (Å²) >= 11 is 3.46. The second-order valence-electron chi connectivity index (χ2n) is 4.39. The van der Waals surface area contributed by atoms with Crippen molar-refractivity contribution >= 4 is 15.9 Å². The predicted octanol–water partition coefficient (Wildman–Crippen LogP) is 4.03.